The average molecular weight is 313 g/mol. The quantitative estimate of drug-likeness (QED) is 0.723. The minimum absolute atomic E-state index is 0.0276. The van der Waals surface area contributed by atoms with E-state index in [1.807, 2.05) is 25.1 Å². The average Bonchev–Trinajstić information content (AvgIpc) is 3.27. The molecule has 2 N–H and O–H groups in total. The highest BCUT2D eigenvalue weighted by atomic mass is 32.2. The van der Waals surface area contributed by atoms with Crippen molar-refractivity contribution in [3.05, 3.63) is 46.3 Å². The number of nitrogens with one attached hydrogen (secondary N) is 2. The van der Waals surface area contributed by atoms with Crippen molar-refractivity contribution in [3.63, 3.8) is 0 Å². The fourth-order valence-corrected chi connectivity index (χ4v) is 3.15. The molecule has 0 amide bonds. The summed E-state index contributed by atoms with van der Waals surface area (Å²) in [5, 5.41) is 8.51. The van der Waals surface area contributed by atoms with E-state index in [-0.39, 0.29) is 10.8 Å². The second-order valence-corrected chi connectivity index (χ2v) is 6.81. The molecule has 0 spiro atoms. The molecule has 0 radical (unpaired) electrons. The molecule has 0 bridgehead atoms. The van der Waals surface area contributed by atoms with Gasteiger partial charge in [-0.15, -0.1) is 5.10 Å². The third-order valence-electron chi connectivity index (χ3n) is 3.74. The minimum Gasteiger partial charge on any atom is -0.309 e. The van der Waals surface area contributed by atoms with Crippen LogP contribution in [0.1, 0.15) is 42.6 Å². The lowest BCUT2D eigenvalue weighted by Crippen LogP contribution is -2.12. The number of nitrogens with zero attached hydrogens (tertiary/aromatic N) is 3. The van der Waals surface area contributed by atoms with Crippen LogP contribution >= 0.6 is 11.8 Å². The first-order valence-electron chi connectivity index (χ1n) is 7.28. The predicted molar refractivity (Wildman–Crippen MR) is 85.0 cm³/mol. The van der Waals surface area contributed by atoms with Crippen molar-refractivity contribution in [3.8, 4) is 0 Å². The van der Waals surface area contributed by atoms with Gasteiger partial charge in [-0.3, -0.25) is 9.89 Å². The molecule has 1 saturated carbocycles. The molecule has 3 aromatic rings. The van der Waals surface area contributed by atoms with Crippen LogP contribution < -0.4 is 5.56 Å². The summed E-state index contributed by atoms with van der Waals surface area (Å²) in [5.41, 5.74) is 0.601. The number of aromatic nitrogens is 5. The van der Waals surface area contributed by atoms with Crippen LogP contribution in [-0.4, -0.2) is 25.1 Å². The van der Waals surface area contributed by atoms with Crippen molar-refractivity contribution < 1.29 is 0 Å². The fourth-order valence-electron chi connectivity index (χ4n) is 2.36. The molecule has 0 saturated heterocycles. The maximum Gasteiger partial charge on any atom is 0.258 e. The summed E-state index contributed by atoms with van der Waals surface area (Å²) >= 11 is 1.49. The van der Waals surface area contributed by atoms with Gasteiger partial charge in [-0.2, -0.15) is 0 Å². The molecule has 7 heteroatoms. The molecule has 1 aromatic carbocycles. The number of rotatable bonds is 4. The van der Waals surface area contributed by atoms with Crippen LogP contribution in [-0.2, 0) is 0 Å². The molecule has 1 unspecified atom stereocenters. The van der Waals surface area contributed by atoms with Gasteiger partial charge < -0.3 is 4.98 Å². The first-order valence-corrected chi connectivity index (χ1v) is 8.16. The van der Waals surface area contributed by atoms with Gasteiger partial charge in [0.2, 0.25) is 5.16 Å². The third-order valence-corrected chi connectivity index (χ3v) is 4.71. The van der Waals surface area contributed by atoms with Crippen molar-refractivity contribution in [2.24, 2.45) is 0 Å². The topological polar surface area (TPSA) is 87.3 Å². The Labute approximate surface area is 130 Å². The number of para-hydroxylation sites is 1. The van der Waals surface area contributed by atoms with Gasteiger partial charge in [-0.05, 0) is 31.9 Å². The lowest BCUT2D eigenvalue weighted by atomic mass is 10.2. The van der Waals surface area contributed by atoms with Gasteiger partial charge in [0.25, 0.3) is 5.56 Å². The fraction of sp³-hybridized carbons (Fsp3) is 0.333. The molecule has 4 rings (SSSR count). The van der Waals surface area contributed by atoms with Crippen LogP contribution in [0.5, 0.6) is 0 Å². The Morgan fingerprint density at radius 3 is 2.91 bits per heavy atom. The van der Waals surface area contributed by atoms with E-state index in [0.29, 0.717) is 27.8 Å². The summed E-state index contributed by atoms with van der Waals surface area (Å²) < 4.78 is 0. The number of hydrogen-bond donors (Lipinski definition) is 2. The van der Waals surface area contributed by atoms with Crippen molar-refractivity contribution in [1.82, 2.24) is 25.1 Å². The molecule has 22 heavy (non-hydrogen) atoms. The predicted octanol–water partition coefficient (Wildman–Crippen LogP) is 2.77. The zero-order valence-electron chi connectivity index (χ0n) is 12.0. The molecule has 1 atom stereocenters. The molecule has 112 valence electrons. The second-order valence-electron chi connectivity index (χ2n) is 5.51. The van der Waals surface area contributed by atoms with Gasteiger partial charge in [0.05, 0.1) is 16.2 Å². The molecular weight excluding hydrogens is 298 g/mol. The molecule has 2 heterocycles. The lowest BCUT2D eigenvalue weighted by molar-refractivity contribution is 0.904. The number of aromatic amines is 2. The summed E-state index contributed by atoms with van der Waals surface area (Å²) in [6.07, 6.45) is 2.38. The summed E-state index contributed by atoms with van der Waals surface area (Å²) in [4.78, 5) is 24.0. The van der Waals surface area contributed by atoms with Crippen LogP contribution in [0.3, 0.4) is 0 Å². The Bertz CT molecular complexity index is 883. The maximum atomic E-state index is 12.1. The van der Waals surface area contributed by atoms with Gasteiger partial charge in [-0.1, -0.05) is 23.9 Å². The Hall–Kier alpha value is -2.15. The summed E-state index contributed by atoms with van der Waals surface area (Å²) in [7, 11) is 0. The van der Waals surface area contributed by atoms with Crippen molar-refractivity contribution >= 4 is 22.7 Å². The normalized spacial score (nSPS) is 16.0. The zero-order chi connectivity index (χ0) is 15.1. The summed E-state index contributed by atoms with van der Waals surface area (Å²) in [6.45, 7) is 1.99. The van der Waals surface area contributed by atoms with E-state index < -0.39 is 0 Å². The largest absolute Gasteiger partial charge is 0.309 e. The van der Waals surface area contributed by atoms with Gasteiger partial charge >= 0.3 is 0 Å². The number of hydrogen-bond acceptors (Lipinski definition) is 5. The van der Waals surface area contributed by atoms with E-state index >= 15 is 0 Å². The second kappa shape index (κ2) is 5.24. The lowest BCUT2D eigenvalue weighted by Gasteiger charge is -2.08. The molecule has 1 fully saturated rings. The first kappa shape index (κ1) is 13.5. The van der Waals surface area contributed by atoms with Gasteiger partial charge in [0.15, 0.2) is 0 Å². The van der Waals surface area contributed by atoms with Crippen LogP contribution in [0.25, 0.3) is 10.9 Å². The van der Waals surface area contributed by atoms with Crippen LogP contribution in [0.2, 0.25) is 0 Å². The van der Waals surface area contributed by atoms with Gasteiger partial charge in [0, 0.05) is 5.92 Å². The molecule has 1 aliphatic rings. The first-order chi connectivity index (χ1) is 10.7. The summed E-state index contributed by atoms with van der Waals surface area (Å²) in [5.74, 6) is 2.16. The van der Waals surface area contributed by atoms with Crippen LogP contribution in [0, 0.1) is 0 Å². The van der Waals surface area contributed by atoms with Crippen molar-refractivity contribution in [2.75, 3.05) is 0 Å². The number of fused-ring (bicyclic) bond motifs is 1. The molecule has 1 aliphatic carbocycles. The van der Waals surface area contributed by atoms with Gasteiger partial charge in [-0.25, -0.2) is 9.97 Å². The molecule has 6 nitrogen and oxygen atoms in total. The Morgan fingerprint density at radius 1 is 1.27 bits per heavy atom. The van der Waals surface area contributed by atoms with E-state index in [9.17, 15) is 4.79 Å². The third kappa shape index (κ3) is 2.52. The monoisotopic (exact) mass is 313 g/mol. The Kier molecular flexibility index (Phi) is 3.22. The highest BCUT2D eigenvalue weighted by Crippen LogP contribution is 2.39. The Balaban J connectivity index is 1.61. The van der Waals surface area contributed by atoms with E-state index in [4.69, 9.17) is 0 Å². The SMILES string of the molecule is CC(Sc1n[nH]c(C2CC2)n1)c1nc2ccccc2c(=O)[nH]1. The van der Waals surface area contributed by atoms with Crippen LogP contribution in [0.15, 0.2) is 34.2 Å². The molecule has 0 aliphatic heterocycles. The molecule has 2 aromatic heterocycles. The van der Waals surface area contributed by atoms with E-state index in [2.05, 4.69) is 25.1 Å². The number of benzene rings is 1. The van der Waals surface area contributed by atoms with E-state index in [1.54, 1.807) is 6.07 Å². The van der Waals surface area contributed by atoms with Crippen molar-refractivity contribution in [1.29, 1.82) is 0 Å². The maximum absolute atomic E-state index is 12.1. The highest BCUT2D eigenvalue weighted by Gasteiger charge is 2.27. The molecular formula is C15H15N5OS. The number of thioether (sulfide) groups is 1. The number of H-pyrrole nitrogens is 2. The smallest absolute Gasteiger partial charge is 0.258 e. The minimum atomic E-state index is -0.110. The highest BCUT2D eigenvalue weighted by molar-refractivity contribution is 7.99. The van der Waals surface area contributed by atoms with Gasteiger partial charge in [0.1, 0.15) is 11.6 Å². The zero-order valence-corrected chi connectivity index (χ0v) is 12.9. The summed E-state index contributed by atoms with van der Waals surface area (Å²) in [6, 6.07) is 7.35. The van der Waals surface area contributed by atoms with Crippen LogP contribution in [0.4, 0.5) is 0 Å². The van der Waals surface area contributed by atoms with Crippen molar-refractivity contribution in [2.45, 2.75) is 36.1 Å². The van der Waals surface area contributed by atoms with E-state index in [1.165, 1.54) is 24.6 Å². The Morgan fingerprint density at radius 2 is 2.09 bits per heavy atom. The standard InChI is InChI=1S/C15H15N5OS/c1-8(22-15-18-13(19-20-15)9-6-7-9)12-16-11-5-3-2-4-10(11)14(21)17-12/h2-5,8-9H,6-7H2,1H3,(H,16,17,21)(H,18,19,20). The van der Waals surface area contributed by atoms with E-state index in [0.717, 1.165) is 5.82 Å².